The molecule has 1 aliphatic heterocycles. The average Bonchev–Trinajstić information content (AvgIpc) is 3.08. The van der Waals surface area contributed by atoms with Crippen molar-refractivity contribution in [2.75, 3.05) is 52.9 Å². The number of esters is 1. The van der Waals surface area contributed by atoms with E-state index in [0.717, 1.165) is 36.8 Å². The zero-order valence-electron chi connectivity index (χ0n) is 27.7. The third kappa shape index (κ3) is 11.7. The summed E-state index contributed by atoms with van der Waals surface area (Å²) in [5, 5.41) is 17.2. The Balaban J connectivity index is 1.87. The first-order chi connectivity index (χ1) is 23.4. The number of carboxylic acids is 1. The summed E-state index contributed by atoms with van der Waals surface area (Å²) in [6.45, 7) is 2.21. The van der Waals surface area contributed by atoms with Gasteiger partial charge in [-0.1, -0.05) is 43.7 Å². The number of sulfonamides is 1. The Morgan fingerprint density at radius 1 is 1.10 bits per heavy atom. The van der Waals surface area contributed by atoms with Crippen LogP contribution >= 0.6 is 0 Å². The zero-order valence-corrected chi connectivity index (χ0v) is 28.6. The number of hydrazone groups is 1. The number of aliphatic carboxylic acids is 1. The Hall–Kier alpha value is -4.77. The van der Waals surface area contributed by atoms with Gasteiger partial charge in [-0.25, -0.2) is 13.2 Å². The zero-order chi connectivity index (χ0) is 36.0. The number of likely N-dealkylation sites (tertiary alicyclic amines) is 1. The predicted octanol–water partition coefficient (Wildman–Crippen LogP) is 0.322. The number of rotatable bonds is 17. The molecule has 3 amide bonds. The lowest BCUT2D eigenvalue weighted by Gasteiger charge is -2.31. The van der Waals surface area contributed by atoms with Gasteiger partial charge in [0.2, 0.25) is 21.8 Å². The van der Waals surface area contributed by atoms with Crippen LogP contribution in [0.3, 0.4) is 0 Å². The molecule has 17 heteroatoms. The molecular formula is C32H45N7O9S. The highest BCUT2D eigenvalue weighted by Gasteiger charge is 2.33. The molecule has 0 radical (unpaired) electrons. The number of nitrogens with zero attached hydrogens (tertiary/aromatic N) is 4. The normalized spacial score (nSPS) is 15.5. The number of unbranched alkanes of at least 4 members (excludes halogenated alkanes) is 1. The van der Waals surface area contributed by atoms with Crippen molar-refractivity contribution in [3.63, 3.8) is 0 Å². The molecule has 2 aromatic carbocycles. The van der Waals surface area contributed by atoms with Crippen molar-refractivity contribution < 1.29 is 42.2 Å². The molecule has 1 saturated heterocycles. The Kier molecular flexibility index (Phi) is 14.8. The third-order valence-electron chi connectivity index (χ3n) is 8.09. The number of amides is 3. The molecule has 49 heavy (non-hydrogen) atoms. The first kappa shape index (κ1) is 38.7. The molecule has 0 aliphatic carbocycles. The van der Waals surface area contributed by atoms with Gasteiger partial charge in [0.05, 0.1) is 18.4 Å². The summed E-state index contributed by atoms with van der Waals surface area (Å²) < 4.78 is 34.2. The van der Waals surface area contributed by atoms with Crippen molar-refractivity contribution in [1.29, 1.82) is 0 Å². The van der Waals surface area contributed by atoms with Gasteiger partial charge in [-0.2, -0.15) is 9.82 Å². The Morgan fingerprint density at radius 3 is 2.49 bits per heavy atom. The number of carboxylic acid groups (broad SMARTS) is 1. The lowest BCUT2D eigenvalue weighted by atomic mass is 9.98. The van der Waals surface area contributed by atoms with Crippen LogP contribution in [0, 0.1) is 5.92 Å². The second-order valence-electron chi connectivity index (χ2n) is 11.7. The van der Waals surface area contributed by atoms with E-state index in [-0.39, 0.29) is 37.0 Å². The fourth-order valence-electron chi connectivity index (χ4n) is 5.52. The Bertz CT molecular complexity index is 1620. The van der Waals surface area contributed by atoms with E-state index in [0.29, 0.717) is 24.8 Å². The van der Waals surface area contributed by atoms with E-state index in [2.05, 4.69) is 19.9 Å². The van der Waals surface area contributed by atoms with Crippen LogP contribution in [-0.4, -0.2) is 123 Å². The Labute approximate surface area is 285 Å². The molecule has 1 aliphatic rings. The molecule has 0 saturated carbocycles. The molecule has 0 spiro atoms. The number of ether oxygens (including phenoxy) is 1. The predicted molar refractivity (Wildman–Crippen MR) is 180 cm³/mol. The lowest BCUT2D eigenvalue weighted by Crippen LogP contribution is -2.53. The van der Waals surface area contributed by atoms with Gasteiger partial charge in [0.1, 0.15) is 18.9 Å². The standard InChI is InChI=1S/C32H45N7O9S/c1-3-4-14-38(15-16-39(21-29(41)42)31(44)32(45)48-2)30(43)27(18-28(40)34-19-23-8-7-13-37(20-23)22-35-33)36-49(46,47)26-12-11-24-9-5-6-10-25(24)17-26/h5-6,9-12,17,22-23,27,36H,3-4,7-8,13-16,18-21,33H2,1-2H3,(H,34,40)(H,41,42)/t23-,27-/m0/s1. The van der Waals surface area contributed by atoms with Gasteiger partial charge in [0.25, 0.3) is 0 Å². The van der Waals surface area contributed by atoms with Crippen LogP contribution in [0.5, 0.6) is 0 Å². The summed E-state index contributed by atoms with van der Waals surface area (Å²) >= 11 is 0. The van der Waals surface area contributed by atoms with E-state index in [1.54, 1.807) is 18.2 Å². The average molecular weight is 704 g/mol. The first-order valence-electron chi connectivity index (χ1n) is 16.0. The highest BCUT2D eigenvalue weighted by atomic mass is 32.2. The van der Waals surface area contributed by atoms with E-state index < -0.39 is 58.7 Å². The van der Waals surface area contributed by atoms with Crippen molar-refractivity contribution in [2.45, 2.75) is 50.0 Å². The van der Waals surface area contributed by atoms with E-state index in [4.69, 9.17) is 5.84 Å². The molecule has 0 bridgehead atoms. The van der Waals surface area contributed by atoms with Crippen LogP contribution in [0.1, 0.15) is 39.0 Å². The van der Waals surface area contributed by atoms with Gasteiger partial charge in [0, 0.05) is 39.3 Å². The maximum atomic E-state index is 14.1. The minimum absolute atomic E-state index is 0.0766. The van der Waals surface area contributed by atoms with Gasteiger partial charge in [-0.15, -0.1) is 0 Å². The minimum atomic E-state index is -4.33. The second-order valence-corrected chi connectivity index (χ2v) is 13.5. The summed E-state index contributed by atoms with van der Waals surface area (Å²) in [6.07, 6.45) is 3.83. The fraction of sp³-hybridized carbons (Fsp3) is 0.500. The quantitative estimate of drug-likeness (QED) is 0.0439. The highest BCUT2D eigenvalue weighted by molar-refractivity contribution is 7.89. The number of carbonyl (C=O) groups is 5. The molecule has 2 aromatic rings. The lowest BCUT2D eigenvalue weighted by molar-refractivity contribution is -0.160. The summed E-state index contributed by atoms with van der Waals surface area (Å²) in [7, 11) is -3.36. The number of fused-ring (bicyclic) bond motifs is 1. The monoisotopic (exact) mass is 703 g/mol. The maximum Gasteiger partial charge on any atom is 0.396 e. The summed E-state index contributed by atoms with van der Waals surface area (Å²) in [5.41, 5.74) is 0. The van der Waals surface area contributed by atoms with Crippen molar-refractivity contribution in [1.82, 2.24) is 24.7 Å². The number of nitrogens with two attached hydrogens (primary N) is 1. The van der Waals surface area contributed by atoms with Crippen molar-refractivity contribution >= 4 is 56.8 Å². The minimum Gasteiger partial charge on any atom is -0.480 e. The van der Waals surface area contributed by atoms with Crippen molar-refractivity contribution in [3.05, 3.63) is 42.5 Å². The van der Waals surface area contributed by atoms with Gasteiger partial charge in [-0.3, -0.25) is 19.2 Å². The molecule has 0 unspecified atom stereocenters. The first-order valence-corrected chi connectivity index (χ1v) is 17.5. The number of hydrogen-bond acceptors (Lipinski definition) is 10. The molecule has 2 atom stereocenters. The van der Waals surface area contributed by atoms with E-state index >= 15 is 0 Å². The van der Waals surface area contributed by atoms with Crippen LogP contribution in [-0.2, 0) is 38.7 Å². The fourth-order valence-corrected chi connectivity index (χ4v) is 6.75. The van der Waals surface area contributed by atoms with E-state index in [1.807, 2.05) is 24.0 Å². The van der Waals surface area contributed by atoms with Gasteiger partial charge in [-0.05, 0) is 48.1 Å². The second kappa shape index (κ2) is 18.7. The number of nitrogens with one attached hydrogen (secondary N) is 2. The van der Waals surface area contributed by atoms with Crippen LogP contribution in [0.2, 0.25) is 0 Å². The highest BCUT2D eigenvalue weighted by Crippen LogP contribution is 2.20. The smallest absolute Gasteiger partial charge is 0.396 e. The van der Waals surface area contributed by atoms with Crippen molar-refractivity contribution in [3.8, 4) is 0 Å². The summed E-state index contributed by atoms with van der Waals surface area (Å²) in [6, 6.07) is 10.1. The maximum absolute atomic E-state index is 14.1. The third-order valence-corrected chi connectivity index (χ3v) is 9.56. The SMILES string of the molecule is CCCCN(CCN(CC(=O)O)C(=O)C(=O)OC)C(=O)[C@H](CC(=O)NC[C@@H]1CCCN(C=NN)C1)NS(=O)(=O)c1ccc2ccccc2c1. The Morgan fingerprint density at radius 2 is 1.82 bits per heavy atom. The molecular weight excluding hydrogens is 658 g/mol. The molecule has 5 N–H and O–H groups in total. The molecule has 0 aromatic heterocycles. The van der Waals surface area contributed by atoms with Gasteiger partial charge < -0.3 is 35.7 Å². The molecule has 1 fully saturated rings. The molecule has 16 nitrogen and oxygen atoms in total. The topological polar surface area (TPSA) is 221 Å². The number of piperidine rings is 1. The summed E-state index contributed by atoms with van der Waals surface area (Å²) in [4.78, 5) is 67.0. The number of hydrogen-bond donors (Lipinski definition) is 4. The largest absolute Gasteiger partial charge is 0.480 e. The molecule has 268 valence electrons. The van der Waals surface area contributed by atoms with Crippen LogP contribution in [0.25, 0.3) is 10.8 Å². The number of methoxy groups -OCH3 is 1. The van der Waals surface area contributed by atoms with Crippen LogP contribution in [0.4, 0.5) is 0 Å². The van der Waals surface area contributed by atoms with Crippen molar-refractivity contribution in [2.24, 2.45) is 16.9 Å². The van der Waals surface area contributed by atoms with Gasteiger partial charge >= 0.3 is 17.8 Å². The molecule has 3 rings (SSSR count). The summed E-state index contributed by atoms with van der Waals surface area (Å²) in [5.74, 6) is 0.164. The van der Waals surface area contributed by atoms with E-state index in [9.17, 15) is 37.5 Å². The molecule has 1 heterocycles. The van der Waals surface area contributed by atoms with Gasteiger partial charge in [0.15, 0.2) is 0 Å². The van der Waals surface area contributed by atoms with Crippen LogP contribution in [0.15, 0.2) is 52.5 Å². The van der Waals surface area contributed by atoms with E-state index in [1.165, 1.54) is 23.4 Å². The number of benzene rings is 2. The van der Waals surface area contributed by atoms with Crippen LogP contribution < -0.4 is 15.9 Å². The number of carbonyl (C=O) groups excluding carboxylic acids is 4.